The first-order valence-electron chi connectivity index (χ1n) is 6.68. The molecule has 0 spiro atoms. The molecule has 5 heteroatoms. The summed E-state index contributed by atoms with van der Waals surface area (Å²) >= 11 is 0. The summed E-state index contributed by atoms with van der Waals surface area (Å²) in [5.74, 6) is 2.16. The van der Waals surface area contributed by atoms with Crippen LogP contribution >= 0.6 is 0 Å². The number of imidazole rings is 1. The first-order valence-corrected chi connectivity index (χ1v) is 6.68. The lowest BCUT2D eigenvalue weighted by Crippen LogP contribution is -2.14. The number of rotatable bonds is 2. The molecule has 1 saturated heterocycles. The summed E-state index contributed by atoms with van der Waals surface area (Å²) in [4.78, 5) is 19.0. The van der Waals surface area contributed by atoms with Crippen LogP contribution in [0.15, 0.2) is 12.3 Å². The summed E-state index contributed by atoms with van der Waals surface area (Å²) in [5.41, 5.74) is 3.08. The molecule has 19 heavy (non-hydrogen) atoms. The van der Waals surface area contributed by atoms with Gasteiger partial charge in [0.2, 0.25) is 0 Å². The van der Waals surface area contributed by atoms with Gasteiger partial charge in [-0.25, -0.2) is 15.0 Å². The minimum Gasteiger partial charge on any atom is -0.341 e. The average Bonchev–Trinajstić information content (AvgIpc) is 2.97. The zero-order valence-electron chi connectivity index (χ0n) is 11.6. The van der Waals surface area contributed by atoms with E-state index in [1.807, 2.05) is 20.0 Å². The highest BCUT2D eigenvalue weighted by Crippen LogP contribution is 2.26. The molecule has 1 aliphatic rings. The molecular formula is C14H19N5. The van der Waals surface area contributed by atoms with Crippen LogP contribution in [0.25, 0.3) is 11.5 Å². The number of likely N-dealkylation sites (tertiary alicyclic amines) is 1. The number of aromatic amines is 1. The van der Waals surface area contributed by atoms with Crippen LogP contribution < -0.4 is 0 Å². The van der Waals surface area contributed by atoms with Gasteiger partial charge in [0.15, 0.2) is 5.82 Å². The molecule has 3 rings (SSSR count). The molecule has 0 aromatic carbocycles. The normalized spacial score (nSPS) is 20.1. The van der Waals surface area contributed by atoms with E-state index < -0.39 is 0 Å². The Morgan fingerprint density at radius 3 is 2.79 bits per heavy atom. The maximum absolute atomic E-state index is 4.60. The Bertz CT molecular complexity index is 589. The fourth-order valence-electron chi connectivity index (χ4n) is 2.64. The van der Waals surface area contributed by atoms with E-state index in [0.29, 0.717) is 5.92 Å². The van der Waals surface area contributed by atoms with E-state index >= 15 is 0 Å². The number of hydrogen-bond donors (Lipinski definition) is 1. The largest absolute Gasteiger partial charge is 0.341 e. The fraction of sp³-hybridized carbons (Fsp3) is 0.500. The monoisotopic (exact) mass is 257 g/mol. The Morgan fingerprint density at radius 2 is 2.16 bits per heavy atom. The van der Waals surface area contributed by atoms with Gasteiger partial charge in [0, 0.05) is 30.0 Å². The van der Waals surface area contributed by atoms with Crippen molar-refractivity contribution in [3.05, 3.63) is 29.5 Å². The number of nitrogens with zero attached hydrogens (tertiary/aromatic N) is 4. The minimum atomic E-state index is 0.515. The number of aromatic nitrogens is 4. The summed E-state index contributed by atoms with van der Waals surface area (Å²) in [5, 5.41) is 0. The van der Waals surface area contributed by atoms with Crippen molar-refractivity contribution in [3.8, 4) is 11.5 Å². The highest BCUT2D eigenvalue weighted by molar-refractivity contribution is 5.50. The molecule has 1 N–H and O–H groups in total. The lowest BCUT2D eigenvalue weighted by Gasteiger charge is -2.11. The zero-order valence-corrected chi connectivity index (χ0v) is 11.6. The van der Waals surface area contributed by atoms with E-state index in [2.05, 4.69) is 37.9 Å². The smallest absolute Gasteiger partial charge is 0.156 e. The Balaban J connectivity index is 1.96. The van der Waals surface area contributed by atoms with Gasteiger partial charge >= 0.3 is 0 Å². The molecule has 3 heterocycles. The third kappa shape index (κ3) is 2.51. The minimum absolute atomic E-state index is 0.515. The van der Waals surface area contributed by atoms with Crippen molar-refractivity contribution < 1.29 is 0 Å². The summed E-state index contributed by atoms with van der Waals surface area (Å²) in [6, 6.07) is 2.08. The highest BCUT2D eigenvalue weighted by Gasteiger charge is 2.23. The zero-order chi connectivity index (χ0) is 13.4. The number of aryl methyl sites for hydroxylation is 2. The second-order valence-corrected chi connectivity index (χ2v) is 5.39. The predicted octanol–water partition coefficient (Wildman–Crippen LogP) is 1.90. The van der Waals surface area contributed by atoms with Gasteiger partial charge in [0.25, 0.3) is 0 Å². The molecule has 0 bridgehead atoms. The van der Waals surface area contributed by atoms with Crippen LogP contribution in [0.5, 0.6) is 0 Å². The van der Waals surface area contributed by atoms with Crippen LogP contribution in [0.2, 0.25) is 0 Å². The third-order valence-electron chi connectivity index (χ3n) is 3.61. The van der Waals surface area contributed by atoms with Crippen LogP contribution in [0, 0.1) is 13.8 Å². The van der Waals surface area contributed by atoms with Crippen LogP contribution in [0.4, 0.5) is 0 Å². The SMILES string of the molecule is Cc1nc(-c2ncc(C)[nH]2)cc(C2CCN(C)C2)n1. The number of hydrogen-bond acceptors (Lipinski definition) is 4. The van der Waals surface area contributed by atoms with Crippen molar-refractivity contribution in [3.63, 3.8) is 0 Å². The van der Waals surface area contributed by atoms with Crippen molar-refractivity contribution in [1.29, 1.82) is 0 Å². The first-order chi connectivity index (χ1) is 9.11. The number of H-pyrrole nitrogens is 1. The quantitative estimate of drug-likeness (QED) is 0.892. The lowest BCUT2D eigenvalue weighted by atomic mass is 10.0. The van der Waals surface area contributed by atoms with Crippen molar-refractivity contribution in [2.24, 2.45) is 0 Å². The topological polar surface area (TPSA) is 57.7 Å². The van der Waals surface area contributed by atoms with E-state index in [0.717, 1.165) is 41.8 Å². The van der Waals surface area contributed by atoms with Gasteiger partial charge in [-0.3, -0.25) is 0 Å². The Kier molecular flexibility index (Phi) is 3.06. The summed E-state index contributed by atoms with van der Waals surface area (Å²) in [7, 11) is 2.16. The van der Waals surface area contributed by atoms with Gasteiger partial charge in [-0.2, -0.15) is 0 Å². The van der Waals surface area contributed by atoms with Crippen LogP contribution in [-0.2, 0) is 0 Å². The van der Waals surface area contributed by atoms with E-state index in [9.17, 15) is 0 Å². The maximum Gasteiger partial charge on any atom is 0.156 e. The second kappa shape index (κ2) is 4.74. The molecule has 0 radical (unpaired) electrons. The molecule has 2 aromatic heterocycles. The van der Waals surface area contributed by atoms with Gasteiger partial charge < -0.3 is 9.88 Å². The molecule has 0 aliphatic carbocycles. The van der Waals surface area contributed by atoms with Gasteiger partial charge in [-0.1, -0.05) is 0 Å². The van der Waals surface area contributed by atoms with Gasteiger partial charge in [0.05, 0.1) is 0 Å². The highest BCUT2D eigenvalue weighted by atomic mass is 15.1. The van der Waals surface area contributed by atoms with E-state index in [1.54, 1.807) is 0 Å². The standard InChI is InChI=1S/C14H19N5/c1-9-7-15-14(16-9)13-6-12(17-10(2)18-13)11-4-5-19(3)8-11/h6-7,11H,4-5,8H2,1-3H3,(H,15,16). The molecule has 2 aromatic rings. The number of likely N-dealkylation sites (N-methyl/N-ethyl adjacent to an activating group) is 1. The molecule has 0 amide bonds. The van der Waals surface area contributed by atoms with Crippen molar-refractivity contribution in [1.82, 2.24) is 24.8 Å². The van der Waals surface area contributed by atoms with Crippen molar-refractivity contribution >= 4 is 0 Å². The molecule has 5 nitrogen and oxygen atoms in total. The third-order valence-corrected chi connectivity index (χ3v) is 3.61. The Hall–Kier alpha value is -1.75. The van der Waals surface area contributed by atoms with Crippen LogP contribution in [0.1, 0.15) is 29.6 Å². The van der Waals surface area contributed by atoms with E-state index in [1.165, 1.54) is 6.42 Å². The summed E-state index contributed by atoms with van der Waals surface area (Å²) in [6.07, 6.45) is 3.00. The Morgan fingerprint density at radius 1 is 1.32 bits per heavy atom. The maximum atomic E-state index is 4.60. The molecular weight excluding hydrogens is 238 g/mol. The molecule has 1 fully saturated rings. The van der Waals surface area contributed by atoms with Gasteiger partial charge in [-0.15, -0.1) is 0 Å². The Labute approximate surface area is 113 Å². The molecule has 0 saturated carbocycles. The predicted molar refractivity (Wildman–Crippen MR) is 73.9 cm³/mol. The molecule has 100 valence electrons. The van der Waals surface area contributed by atoms with Crippen molar-refractivity contribution in [2.75, 3.05) is 20.1 Å². The average molecular weight is 257 g/mol. The second-order valence-electron chi connectivity index (χ2n) is 5.39. The summed E-state index contributed by atoms with van der Waals surface area (Å²) in [6.45, 7) is 6.16. The molecule has 1 aliphatic heterocycles. The van der Waals surface area contributed by atoms with Gasteiger partial charge in [0.1, 0.15) is 11.5 Å². The van der Waals surface area contributed by atoms with E-state index in [4.69, 9.17) is 0 Å². The van der Waals surface area contributed by atoms with Gasteiger partial charge in [-0.05, 0) is 39.9 Å². The van der Waals surface area contributed by atoms with E-state index in [-0.39, 0.29) is 0 Å². The van der Waals surface area contributed by atoms with Crippen LogP contribution in [-0.4, -0.2) is 45.0 Å². The fourth-order valence-corrected chi connectivity index (χ4v) is 2.64. The number of nitrogens with one attached hydrogen (secondary N) is 1. The first kappa shape index (κ1) is 12.3. The lowest BCUT2D eigenvalue weighted by molar-refractivity contribution is 0.410. The molecule has 1 unspecified atom stereocenters. The van der Waals surface area contributed by atoms with Crippen molar-refractivity contribution in [2.45, 2.75) is 26.2 Å². The van der Waals surface area contributed by atoms with Crippen LogP contribution in [0.3, 0.4) is 0 Å². The summed E-state index contributed by atoms with van der Waals surface area (Å²) < 4.78 is 0. The molecule has 1 atom stereocenters.